The van der Waals surface area contributed by atoms with Gasteiger partial charge in [0.15, 0.2) is 11.5 Å². The fourth-order valence-corrected chi connectivity index (χ4v) is 5.25. The molecule has 1 saturated heterocycles. The summed E-state index contributed by atoms with van der Waals surface area (Å²) in [6, 6.07) is 15.4. The highest BCUT2D eigenvalue weighted by Crippen LogP contribution is 2.29. The number of benzene rings is 2. The van der Waals surface area contributed by atoms with Gasteiger partial charge in [0.1, 0.15) is 5.60 Å². The molecule has 2 aromatic carbocycles. The van der Waals surface area contributed by atoms with Crippen molar-refractivity contribution in [1.29, 1.82) is 0 Å². The molecule has 1 fully saturated rings. The zero-order valence-corrected chi connectivity index (χ0v) is 18.7. The number of hydrogen-bond acceptors (Lipinski definition) is 7. The maximum atomic E-state index is 12.8. The van der Waals surface area contributed by atoms with Crippen molar-refractivity contribution >= 4 is 10.0 Å². The molecule has 0 spiro atoms. The van der Waals surface area contributed by atoms with E-state index in [4.69, 9.17) is 9.47 Å². The number of likely N-dealkylation sites (N-methyl/N-ethyl adjacent to an activating group) is 1. The number of ether oxygens (including phenoxy) is 2. The minimum absolute atomic E-state index is 0.140. The van der Waals surface area contributed by atoms with E-state index < -0.39 is 21.7 Å². The zero-order chi connectivity index (χ0) is 22.5. The maximum Gasteiger partial charge on any atom is 0.243 e. The third-order valence-electron chi connectivity index (χ3n) is 5.38. The number of methoxy groups -OCH3 is 1. The molecule has 31 heavy (non-hydrogen) atoms. The molecule has 0 aliphatic carbocycles. The molecular formula is C22H30N2O6S. The Kier molecular flexibility index (Phi) is 7.55. The molecule has 0 amide bonds. The second-order valence-electron chi connectivity index (χ2n) is 7.82. The van der Waals surface area contributed by atoms with Crippen molar-refractivity contribution in [3.63, 3.8) is 0 Å². The van der Waals surface area contributed by atoms with Gasteiger partial charge >= 0.3 is 0 Å². The van der Waals surface area contributed by atoms with Crippen LogP contribution in [0.1, 0.15) is 6.42 Å². The van der Waals surface area contributed by atoms with Crippen molar-refractivity contribution in [2.24, 2.45) is 0 Å². The van der Waals surface area contributed by atoms with Gasteiger partial charge in [0.25, 0.3) is 0 Å². The molecule has 0 saturated carbocycles. The standard InChI is InChI=1S/C22H30N2O6S/c1-23(13-8-14-30-20-12-7-6-11-19(20)29-2)16-22(26)17-24(15-21(22)25)31(27,28)18-9-4-3-5-10-18/h3-7,9-12,21,25-26H,8,13-17H2,1-2H3/t21-,22+/m1/s1. The average molecular weight is 451 g/mol. The van der Waals surface area contributed by atoms with Crippen molar-refractivity contribution in [1.82, 2.24) is 9.21 Å². The highest BCUT2D eigenvalue weighted by molar-refractivity contribution is 7.89. The number of aliphatic hydroxyl groups excluding tert-OH is 1. The van der Waals surface area contributed by atoms with Gasteiger partial charge in [-0.25, -0.2) is 8.42 Å². The van der Waals surface area contributed by atoms with E-state index in [1.165, 1.54) is 12.1 Å². The first kappa shape index (κ1) is 23.5. The Hall–Kier alpha value is -2.17. The van der Waals surface area contributed by atoms with Gasteiger partial charge in [0.05, 0.1) is 24.7 Å². The molecule has 9 heteroatoms. The summed E-state index contributed by atoms with van der Waals surface area (Å²) in [6.07, 6.45) is -0.481. The Bertz CT molecular complexity index is 955. The Morgan fingerprint density at radius 3 is 2.45 bits per heavy atom. The lowest BCUT2D eigenvalue weighted by Crippen LogP contribution is -2.50. The highest BCUT2D eigenvalue weighted by Gasteiger charge is 2.49. The summed E-state index contributed by atoms with van der Waals surface area (Å²) >= 11 is 0. The Morgan fingerprint density at radius 2 is 1.77 bits per heavy atom. The Labute approximate surface area is 183 Å². The van der Waals surface area contributed by atoms with Crippen molar-refractivity contribution in [3.8, 4) is 11.5 Å². The fraction of sp³-hybridized carbons (Fsp3) is 0.455. The van der Waals surface area contributed by atoms with Crippen LogP contribution in [0.4, 0.5) is 0 Å². The van der Waals surface area contributed by atoms with E-state index in [0.29, 0.717) is 31.1 Å². The van der Waals surface area contributed by atoms with Crippen LogP contribution in [0.2, 0.25) is 0 Å². The lowest BCUT2D eigenvalue weighted by atomic mass is 10.00. The van der Waals surface area contributed by atoms with Gasteiger partial charge in [-0.3, -0.25) is 0 Å². The van der Waals surface area contributed by atoms with Gasteiger partial charge in [-0.1, -0.05) is 30.3 Å². The molecule has 0 unspecified atom stereocenters. The minimum Gasteiger partial charge on any atom is -0.493 e. The summed E-state index contributed by atoms with van der Waals surface area (Å²) in [7, 11) is -0.364. The van der Waals surface area contributed by atoms with E-state index in [1.54, 1.807) is 25.3 Å². The van der Waals surface area contributed by atoms with E-state index in [9.17, 15) is 18.6 Å². The molecule has 1 aliphatic heterocycles. The number of nitrogens with zero attached hydrogens (tertiary/aromatic N) is 2. The Morgan fingerprint density at radius 1 is 1.13 bits per heavy atom. The number of sulfonamides is 1. The molecule has 3 rings (SSSR count). The van der Waals surface area contributed by atoms with Gasteiger partial charge in [-0.15, -0.1) is 0 Å². The molecule has 170 valence electrons. The summed E-state index contributed by atoms with van der Waals surface area (Å²) < 4.78 is 37.8. The van der Waals surface area contributed by atoms with E-state index in [-0.39, 0.29) is 24.5 Å². The minimum atomic E-state index is -3.77. The number of hydrogen-bond donors (Lipinski definition) is 2. The quantitative estimate of drug-likeness (QED) is 0.525. The highest BCUT2D eigenvalue weighted by atomic mass is 32.2. The molecular weight excluding hydrogens is 420 g/mol. The normalized spacial score (nSPS) is 22.0. The monoisotopic (exact) mass is 450 g/mol. The summed E-state index contributed by atoms with van der Waals surface area (Å²) in [5.41, 5.74) is -1.54. The lowest BCUT2D eigenvalue weighted by molar-refractivity contribution is -0.0575. The topological polar surface area (TPSA) is 99.5 Å². The molecule has 0 aromatic heterocycles. The second kappa shape index (κ2) is 9.97. The number of aliphatic hydroxyl groups is 2. The van der Waals surface area contributed by atoms with E-state index in [1.807, 2.05) is 36.2 Å². The van der Waals surface area contributed by atoms with Gasteiger partial charge in [-0.05, 0) is 37.7 Å². The van der Waals surface area contributed by atoms with Crippen molar-refractivity contribution in [2.75, 3.05) is 46.9 Å². The first-order chi connectivity index (χ1) is 14.8. The van der Waals surface area contributed by atoms with Crippen molar-refractivity contribution < 1.29 is 28.1 Å². The average Bonchev–Trinajstić information content (AvgIpc) is 3.06. The molecule has 1 heterocycles. The van der Waals surface area contributed by atoms with Crippen LogP contribution in [0, 0.1) is 0 Å². The summed E-state index contributed by atoms with van der Waals surface area (Å²) in [5, 5.41) is 21.4. The summed E-state index contributed by atoms with van der Waals surface area (Å²) in [4.78, 5) is 2.02. The van der Waals surface area contributed by atoms with Crippen LogP contribution in [0.25, 0.3) is 0 Å². The van der Waals surface area contributed by atoms with Crippen LogP contribution in [0.5, 0.6) is 11.5 Å². The molecule has 0 bridgehead atoms. The SMILES string of the molecule is COc1ccccc1OCCCN(C)C[C@]1(O)CN(S(=O)(=O)c2ccccc2)C[C@H]1O. The zero-order valence-electron chi connectivity index (χ0n) is 17.8. The lowest BCUT2D eigenvalue weighted by Gasteiger charge is -2.31. The van der Waals surface area contributed by atoms with E-state index >= 15 is 0 Å². The third kappa shape index (κ3) is 5.55. The molecule has 2 aromatic rings. The summed E-state index contributed by atoms with van der Waals surface area (Å²) in [5.74, 6) is 1.33. The van der Waals surface area contributed by atoms with Crippen LogP contribution in [-0.4, -0.2) is 86.5 Å². The third-order valence-corrected chi connectivity index (χ3v) is 7.21. The number of β-amino-alcohol motifs (C(OH)–C–C–N with tert-alkyl or cyclic N) is 2. The van der Waals surface area contributed by atoms with Crippen LogP contribution >= 0.6 is 0 Å². The largest absolute Gasteiger partial charge is 0.493 e. The molecule has 0 radical (unpaired) electrons. The van der Waals surface area contributed by atoms with Gasteiger partial charge in [0, 0.05) is 26.2 Å². The van der Waals surface area contributed by atoms with Gasteiger partial charge in [-0.2, -0.15) is 4.31 Å². The van der Waals surface area contributed by atoms with Crippen molar-refractivity contribution in [2.45, 2.75) is 23.0 Å². The van der Waals surface area contributed by atoms with Gasteiger partial charge < -0.3 is 24.6 Å². The molecule has 2 atom stereocenters. The fourth-order valence-electron chi connectivity index (χ4n) is 3.72. The summed E-state index contributed by atoms with van der Waals surface area (Å²) in [6.45, 7) is 0.908. The second-order valence-corrected chi connectivity index (χ2v) is 9.76. The van der Waals surface area contributed by atoms with Crippen molar-refractivity contribution in [3.05, 3.63) is 54.6 Å². The van der Waals surface area contributed by atoms with Crippen LogP contribution in [0.3, 0.4) is 0 Å². The van der Waals surface area contributed by atoms with Crippen LogP contribution in [-0.2, 0) is 10.0 Å². The molecule has 2 N–H and O–H groups in total. The molecule has 8 nitrogen and oxygen atoms in total. The maximum absolute atomic E-state index is 12.8. The molecule has 1 aliphatic rings. The first-order valence-electron chi connectivity index (χ1n) is 10.2. The smallest absolute Gasteiger partial charge is 0.243 e. The van der Waals surface area contributed by atoms with Crippen LogP contribution < -0.4 is 9.47 Å². The van der Waals surface area contributed by atoms with Gasteiger partial charge in [0.2, 0.25) is 10.0 Å². The van der Waals surface area contributed by atoms with E-state index in [0.717, 1.165) is 4.31 Å². The first-order valence-corrected chi connectivity index (χ1v) is 11.6. The predicted octanol–water partition coefficient (Wildman–Crippen LogP) is 1.19. The predicted molar refractivity (Wildman–Crippen MR) is 117 cm³/mol. The number of para-hydroxylation sites is 2. The number of rotatable bonds is 10. The van der Waals surface area contributed by atoms with E-state index in [2.05, 4.69) is 0 Å². The Balaban J connectivity index is 1.52. The van der Waals surface area contributed by atoms with Crippen LogP contribution in [0.15, 0.2) is 59.5 Å².